The summed E-state index contributed by atoms with van der Waals surface area (Å²) in [5, 5.41) is 3.35. The zero-order chi connectivity index (χ0) is 12.1. The Morgan fingerprint density at radius 1 is 1.44 bits per heavy atom. The molecule has 4 heteroatoms. The summed E-state index contributed by atoms with van der Waals surface area (Å²) >= 11 is 0. The van der Waals surface area contributed by atoms with E-state index in [-0.39, 0.29) is 17.1 Å². The van der Waals surface area contributed by atoms with Gasteiger partial charge in [0.05, 0.1) is 0 Å². The number of hydrogen-bond donors (Lipinski definition) is 1. The predicted molar refractivity (Wildman–Crippen MR) is 66.3 cm³/mol. The average molecular weight is 243 g/mol. The van der Waals surface area contributed by atoms with Crippen LogP contribution in [0.5, 0.6) is 0 Å². The van der Waals surface area contributed by atoms with Gasteiger partial charge in [0.25, 0.3) is 0 Å². The molecule has 0 bridgehead atoms. The van der Waals surface area contributed by atoms with Gasteiger partial charge in [-0.05, 0) is 31.5 Å². The molecule has 0 spiro atoms. The molecule has 0 heterocycles. The van der Waals surface area contributed by atoms with Crippen molar-refractivity contribution in [2.75, 3.05) is 12.8 Å². The smallest absolute Gasteiger partial charge is 0.123 e. The largest absolute Gasteiger partial charge is 0.309 e. The van der Waals surface area contributed by atoms with Crippen molar-refractivity contribution in [1.82, 2.24) is 5.32 Å². The van der Waals surface area contributed by atoms with E-state index in [1.54, 1.807) is 12.3 Å². The van der Waals surface area contributed by atoms with Gasteiger partial charge in [-0.25, -0.2) is 4.39 Å². The fraction of sp³-hybridized carbons (Fsp3) is 0.500. The van der Waals surface area contributed by atoms with Crippen LogP contribution in [0.2, 0.25) is 0 Å². The van der Waals surface area contributed by atoms with Crippen LogP contribution < -0.4 is 5.32 Å². The first kappa shape index (κ1) is 13.3. The minimum absolute atomic E-state index is 0.0710. The van der Waals surface area contributed by atoms with E-state index in [1.807, 2.05) is 19.9 Å². The Morgan fingerprint density at radius 2 is 2.12 bits per heavy atom. The van der Waals surface area contributed by atoms with E-state index in [0.717, 1.165) is 5.56 Å². The quantitative estimate of drug-likeness (QED) is 0.859. The van der Waals surface area contributed by atoms with Gasteiger partial charge in [-0.2, -0.15) is 0 Å². The van der Waals surface area contributed by atoms with Gasteiger partial charge in [0, 0.05) is 34.9 Å². The van der Waals surface area contributed by atoms with Crippen molar-refractivity contribution in [2.24, 2.45) is 0 Å². The van der Waals surface area contributed by atoms with Gasteiger partial charge in [-0.1, -0.05) is 12.1 Å². The normalized spacial score (nSPS) is 16.8. The molecular weight excluding hydrogens is 225 g/mol. The maximum atomic E-state index is 13.0. The Bertz CT molecular complexity index is 370. The molecule has 1 aromatic carbocycles. The lowest BCUT2D eigenvalue weighted by molar-refractivity contribution is 0.561. The van der Waals surface area contributed by atoms with Crippen molar-refractivity contribution in [3.05, 3.63) is 35.6 Å². The summed E-state index contributed by atoms with van der Waals surface area (Å²) in [6, 6.07) is 6.60. The lowest BCUT2D eigenvalue weighted by Gasteiger charge is -2.16. The third kappa shape index (κ3) is 4.02. The van der Waals surface area contributed by atoms with Crippen LogP contribution in [0.15, 0.2) is 24.3 Å². The molecular formula is C12H18FNOS. The first-order valence-electron chi connectivity index (χ1n) is 5.31. The molecule has 0 unspecified atom stereocenters. The summed E-state index contributed by atoms with van der Waals surface area (Å²) in [5.41, 5.74) is 0.911. The van der Waals surface area contributed by atoms with Gasteiger partial charge < -0.3 is 5.32 Å². The molecule has 0 amide bonds. The molecule has 0 radical (unpaired) electrons. The van der Waals surface area contributed by atoms with Gasteiger partial charge in [0.2, 0.25) is 0 Å². The summed E-state index contributed by atoms with van der Waals surface area (Å²) in [6.45, 7) is 4.57. The highest BCUT2D eigenvalue weighted by atomic mass is 32.2. The van der Waals surface area contributed by atoms with Crippen LogP contribution in [-0.4, -0.2) is 22.3 Å². The van der Waals surface area contributed by atoms with Crippen molar-refractivity contribution in [1.29, 1.82) is 0 Å². The standard InChI is InChI=1S/C12H18FNOS/c1-9(16(3)15)8-14-10(2)11-5-4-6-12(13)7-11/h4-7,9-10,14H,8H2,1-3H3/t9-,10+,16+/m1/s1. The molecule has 1 N–H and O–H groups in total. The van der Waals surface area contributed by atoms with E-state index in [9.17, 15) is 8.60 Å². The van der Waals surface area contributed by atoms with E-state index in [0.29, 0.717) is 6.54 Å². The fourth-order valence-electron chi connectivity index (χ4n) is 1.35. The molecule has 90 valence electrons. The molecule has 1 aromatic rings. The van der Waals surface area contributed by atoms with E-state index in [4.69, 9.17) is 0 Å². The topological polar surface area (TPSA) is 29.1 Å². The Balaban J connectivity index is 2.52. The summed E-state index contributed by atoms with van der Waals surface area (Å²) in [4.78, 5) is 0. The van der Waals surface area contributed by atoms with E-state index in [2.05, 4.69) is 5.32 Å². The number of hydrogen-bond acceptors (Lipinski definition) is 2. The van der Waals surface area contributed by atoms with Crippen molar-refractivity contribution in [3.63, 3.8) is 0 Å². The van der Waals surface area contributed by atoms with Crippen LogP contribution in [0.4, 0.5) is 4.39 Å². The number of rotatable bonds is 5. The highest BCUT2D eigenvalue weighted by Gasteiger charge is 2.10. The molecule has 0 saturated carbocycles. The second-order valence-corrected chi connectivity index (χ2v) is 5.80. The Labute approximate surface area is 98.7 Å². The molecule has 0 aromatic heterocycles. The van der Waals surface area contributed by atoms with Crippen molar-refractivity contribution in [2.45, 2.75) is 25.1 Å². The lowest BCUT2D eigenvalue weighted by Crippen LogP contribution is -2.29. The molecule has 0 aliphatic carbocycles. The first-order chi connectivity index (χ1) is 7.50. The molecule has 3 atom stereocenters. The maximum absolute atomic E-state index is 13.0. The van der Waals surface area contributed by atoms with Crippen LogP contribution in [0.25, 0.3) is 0 Å². The first-order valence-corrected chi connectivity index (χ1v) is 6.94. The van der Waals surface area contributed by atoms with Gasteiger partial charge in [-0.3, -0.25) is 4.21 Å². The lowest BCUT2D eigenvalue weighted by atomic mass is 10.1. The van der Waals surface area contributed by atoms with Gasteiger partial charge in [-0.15, -0.1) is 0 Å². The summed E-state index contributed by atoms with van der Waals surface area (Å²) < 4.78 is 24.1. The average Bonchev–Trinajstić information content (AvgIpc) is 2.25. The molecule has 1 rings (SSSR count). The summed E-state index contributed by atoms with van der Waals surface area (Å²) in [7, 11) is -0.824. The predicted octanol–water partition coefficient (Wildman–Crippen LogP) is 2.24. The minimum atomic E-state index is -0.824. The number of nitrogens with one attached hydrogen (secondary N) is 1. The Hall–Kier alpha value is -0.740. The van der Waals surface area contributed by atoms with Gasteiger partial charge in [0.15, 0.2) is 0 Å². The summed E-state index contributed by atoms with van der Waals surface area (Å²) in [5.74, 6) is -0.224. The van der Waals surface area contributed by atoms with E-state index >= 15 is 0 Å². The zero-order valence-electron chi connectivity index (χ0n) is 9.87. The molecule has 0 saturated heterocycles. The number of benzene rings is 1. The van der Waals surface area contributed by atoms with Crippen molar-refractivity contribution in [3.8, 4) is 0 Å². The van der Waals surface area contributed by atoms with Crippen LogP contribution in [0.1, 0.15) is 25.5 Å². The SMILES string of the molecule is C[C@H](NC[C@@H](C)[S@](C)=O)c1cccc(F)c1. The second-order valence-electron chi connectivity index (χ2n) is 3.99. The van der Waals surface area contributed by atoms with Crippen LogP contribution >= 0.6 is 0 Å². The molecule has 0 aliphatic rings. The molecule has 2 nitrogen and oxygen atoms in total. The highest BCUT2D eigenvalue weighted by molar-refractivity contribution is 7.84. The fourth-order valence-corrected chi connectivity index (χ4v) is 1.68. The van der Waals surface area contributed by atoms with Gasteiger partial charge in [0.1, 0.15) is 5.82 Å². The summed E-state index contributed by atoms with van der Waals surface area (Å²) in [6.07, 6.45) is 1.69. The Kier molecular flexibility index (Phi) is 5.09. The third-order valence-corrected chi connectivity index (χ3v) is 3.93. The minimum Gasteiger partial charge on any atom is -0.309 e. The molecule has 16 heavy (non-hydrogen) atoms. The third-order valence-electron chi connectivity index (χ3n) is 2.63. The Morgan fingerprint density at radius 3 is 2.69 bits per heavy atom. The monoisotopic (exact) mass is 243 g/mol. The van der Waals surface area contributed by atoms with Crippen molar-refractivity contribution < 1.29 is 8.60 Å². The van der Waals surface area contributed by atoms with Crippen LogP contribution in [0, 0.1) is 5.82 Å². The molecule has 0 fully saturated rings. The van der Waals surface area contributed by atoms with Crippen LogP contribution in [-0.2, 0) is 10.8 Å². The van der Waals surface area contributed by atoms with Crippen molar-refractivity contribution >= 4 is 10.8 Å². The zero-order valence-corrected chi connectivity index (χ0v) is 10.7. The molecule has 0 aliphatic heterocycles. The van der Waals surface area contributed by atoms with Gasteiger partial charge >= 0.3 is 0 Å². The maximum Gasteiger partial charge on any atom is 0.123 e. The highest BCUT2D eigenvalue weighted by Crippen LogP contribution is 2.13. The number of halogens is 1. The van der Waals surface area contributed by atoms with E-state index < -0.39 is 10.8 Å². The van der Waals surface area contributed by atoms with Crippen LogP contribution in [0.3, 0.4) is 0 Å². The van der Waals surface area contributed by atoms with E-state index in [1.165, 1.54) is 12.1 Å². The second kappa shape index (κ2) is 6.11.